The minimum Gasteiger partial charge on any atom is -0.341 e. The van der Waals surface area contributed by atoms with E-state index in [2.05, 4.69) is 43.1 Å². The molecular formula is C14H8Br2N2O3. The van der Waals surface area contributed by atoms with Crippen molar-refractivity contribution in [2.24, 2.45) is 0 Å². The summed E-state index contributed by atoms with van der Waals surface area (Å²) in [7, 11) is 0. The van der Waals surface area contributed by atoms with Gasteiger partial charge in [0, 0.05) is 5.56 Å². The van der Waals surface area contributed by atoms with Crippen LogP contribution in [-0.2, 0) is 9.59 Å². The number of rotatable bonds is 3. The Morgan fingerprint density at radius 2 is 1.67 bits per heavy atom. The predicted molar refractivity (Wildman–Crippen MR) is 85.0 cm³/mol. The molecule has 2 rings (SSSR count). The predicted octanol–water partition coefficient (Wildman–Crippen LogP) is 1.92. The maximum Gasteiger partial charge on any atom is 0.273 e. The average Bonchev–Trinajstić information content (AvgIpc) is 2.69. The van der Waals surface area contributed by atoms with E-state index in [1.54, 1.807) is 0 Å². The Bertz CT molecular complexity index is 678. The molecule has 21 heavy (non-hydrogen) atoms. The van der Waals surface area contributed by atoms with Crippen LogP contribution in [0.3, 0.4) is 0 Å². The van der Waals surface area contributed by atoms with E-state index in [1.165, 1.54) is 24.3 Å². The highest BCUT2D eigenvalue weighted by Gasteiger charge is 2.36. The summed E-state index contributed by atoms with van der Waals surface area (Å²) in [5.41, 5.74) is 0.768. The van der Waals surface area contributed by atoms with Gasteiger partial charge in [0.25, 0.3) is 17.7 Å². The Kier molecular flexibility index (Phi) is 4.60. The average molecular weight is 412 g/mol. The Morgan fingerprint density at radius 3 is 2.14 bits per heavy atom. The third kappa shape index (κ3) is 2.91. The Morgan fingerprint density at radius 1 is 1.14 bits per heavy atom. The van der Waals surface area contributed by atoms with Crippen LogP contribution in [0.25, 0.3) is 0 Å². The SMILES string of the molecule is C#CCNC(=O)c1ccc(N2C(=O)C(Br)=C(Br)C2=O)cc1. The van der Waals surface area contributed by atoms with Gasteiger partial charge >= 0.3 is 0 Å². The smallest absolute Gasteiger partial charge is 0.273 e. The fraction of sp³-hybridized carbons (Fsp3) is 0.0714. The van der Waals surface area contributed by atoms with Crippen LogP contribution in [0.15, 0.2) is 33.2 Å². The molecule has 0 saturated heterocycles. The normalized spacial score (nSPS) is 14.4. The fourth-order valence-electron chi connectivity index (χ4n) is 1.71. The zero-order valence-corrected chi connectivity index (χ0v) is 13.7. The Balaban J connectivity index is 2.21. The molecule has 5 nitrogen and oxygen atoms in total. The molecule has 0 atom stereocenters. The van der Waals surface area contributed by atoms with Crippen molar-refractivity contribution in [3.8, 4) is 12.3 Å². The van der Waals surface area contributed by atoms with Crippen LogP contribution >= 0.6 is 31.9 Å². The lowest BCUT2D eigenvalue weighted by molar-refractivity contribution is -0.120. The van der Waals surface area contributed by atoms with E-state index < -0.39 is 11.8 Å². The second-order valence-corrected chi connectivity index (χ2v) is 5.59. The lowest BCUT2D eigenvalue weighted by Gasteiger charge is -2.14. The van der Waals surface area contributed by atoms with Gasteiger partial charge in [0.1, 0.15) is 8.96 Å². The van der Waals surface area contributed by atoms with Crippen LogP contribution in [0.1, 0.15) is 10.4 Å². The zero-order valence-electron chi connectivity index (χ0n) is 10.5. The first-order valence-corrected chi connectivity index (χ1v) is 7.31. The Labute approximate surface area is 137 Å². The summed E-state index contributed by atoms with van der Waals surface area (Å²) in [5.74, 6) is 1.06. The van der Waals surface area contributed by atoms with Crippen LogP contribution in [-0.4, -0.2) is 24.3 Å². The van der Waals surface area contributed by atoms with Crippen LogP contribution in [0, 0.1) is 12.3 Å². The van der Waals surface area contributed by atoms with E-state index >= 15 is 0 Å². The molecule has 7 heteroatoms. The molecule has 1 aliphatic rings. The van der Waals surface area contributed by atoms with Crippen LogP contribution < -0.4 is 10.2 Å². The first kappa shape index (κ1) is 15.5. The van der Waals surface area contributed by atoms with Crippen molar-refractivity contribution >= 4 is 55.3 Å². The van der Waals surface area contributed by atoms with Crippen molar-refractivity contribution in [2.45, 2.75) is 0 Å². The van der Waals surface area contributed by atoms with Crippen LogP contribution in [0.5, 0.6) is 0 Å². The third-order valence-corrected chi connectivity index (χ3v) is 4.72. The summed E-state index contributed by atoms with van der Waals surface area (Å²) >= 11 is 6.10. The number of carbonyl (C=O) groups excluding carboxylic acids is 3. The van der Waals surface area contributed by atoms with Crippen molar-refractivity contribution in [3.63, 3.8) is 0 Å². The molecule has 0 fully saturated rings. The number of nitrogens with zero attached hydrogens (tertiary/aromatic N) is 1. The highest BCUT2D eigenvalue weighted by Crippen LogP contribution is 2.33. The quantitative estimate of drug-likeness (QED) is 0.610. The van der Waals surface area contributed by atoms with Gasteiger partial charge in [0.2, 0.25) is 0 Å². The zero-order chi connectivity index (χ0) is 15.6. The van der Waals surface area contributed by atoms with Crippen LogP contribution in [0.2, 0.25) is 0 Å². The maximum atomic E-state index is 12.0. The molecular weight excluding hydrogens is 404 g/mol. The van der Waals surface area contributed by atoms with Gasteiger partial charge in [-0.3, -0.25) is 14.4 Å². The number of anilines is 1. The number of imide groups is 1. The highest BCUT2D eigenvalue weighted by atomic mass is 79.9. The van der Waals surface area contributed by atoms with Crippen molar-refractivity contribution in [2.75, 3.05) is 11.4 Å². The molecule has 106 valence electrons. The maximum absolute atomic E-state index is 12.0. The summed E-state index contributed by atoms with van der Waals surface area (Å²) < 4.78 is 0.340. The van der Waals surface area contributed by atoms with Gasteiger partial charge in [0.15, 0.2) is 0 Å². The van der Waals surface area contributed by atoms with Gasteiger partial charge in [-0.1, -0.05) is 5.92 Å². The summed E-state index contributed by atoms with van der Waals surface area (Å²) in [5, 5.41) is 2.52. The number of benzene rings is 1. The van der Waals surface area contributed by atoms with Gasteiger partial charge in [-0.2, -0.15) is 0 Å². The van der Waals surface area contributed by atoms with Crippen molar-refractivity contribution in [1.29, 1.82) is 0 Å². The molecule has 0 unspecified atom stereocenters. The van der Waals surface area contributed by atoms with Gasteiger partial charge in [-0.05, 0) is 56.1 Å². The molecule has 0 radical (unpaired) electrons. The number of hydrogen-bond donors (Lipinski definition) is 1. The van der Waals surface area contributed by atoms with Crippen LogP contribution in [0.4, 0.5) is 5.69 Å². The number of terminal acetylenes is 1. The van der Waals surface area contributed by atoms with Gasteiger partial charge < -0.3 is 5.32 Å². The molecule has 1 heterocycles. The summed E-state index contributed by atoms with van der Waals surface area (Å²) in [6.07, 6.45) is 5.06. The number of nitrogens with one attached hydrogen (secondary N) is 1. The van der Waals surface area contributed by atoms with E-state index in [1.807, 2.05) is 0 Å². The van der Waals surface area contributed by atoms with E-state index in [9.17, 15) is 14.4 Å². The fourth-order valence-corrected chi connectivity index (χ4v) is 2.40. The monoisotopic (exact) mass is 410 g/mol. The first-order valence-electron chi connectivity index (χ1n) is 5.73. The van der Waals surface area contributed by atoms with Crippen molar-refractivity contribution < 1.29 is 14.4 Å². The molecule has 0 saturated carbocycles. The van der Waals surface area contributed by atoms with E-state index in [-0.39, 0.29) is 21.4 Å². The molecule has 3 amide bonds. The molecule has 1 aliphatic heterocycles. The minimum absolute atomic E-state index is 0.132. The summed E-state index contributed by atoms with van der Waals surface area (Å²) in [6.45, 7) is 0.132. The topological polar surface area (TPSA) is 66.5 Å². The molecule has 0 aromatic heterocycles. The minimum atomic E-state index is -0.462. The van der Waals surface area contributed by atoms with Gasteiger partial charge in [-0.15, -0.1) is 6.42 Å². The van der Waals surface area contributed by atoms with E-state index in [0.29, 0.717) is 11.3 Å². The van der Waals surface area contributed by atoms with Crippen molar-refractivity contribution in [1.82, 2.24) is 5.32 Å². The number of amides is 3. The van der Waals surface area contributed by atoms with Crippen molar-refractivity contribution in [3.05, 3.63) is 38.8 Å². The molecule has 1 aromatic rings. The molecule has 1 N–H and O–H groups in total. The second-order valence-electron chi connectivity index (χ2n) is 4.01. The standard InChI is InChI=1S/C14H8Br2N2O3/c1-2-7-17-12(19)8-3-5-9(6-4-8)18-13(20)10(15)11(16)14(18)21/h1,3-6H,7H2,(H,17,19). The third-order valence-electron chi connectivity index (χ3n) is 2.71. The molecule has 0 spiro atoms. The molecule has 1 aromatic carbocycles. The number of carbonyl (C=O) groups is 3. The van der Waals surface area contributed by atoms with E-state index in [0.717, 1.165) is 4.90 Å². The molecule has 0 aliphatic carbocycles. The first-order chi connectivity index (χ1) is 9.97. The second kappa shape index (κ2) is 6.24. The largest absolute Gasteiger partial charge is 0.341 e. The van der Waals surface area contributed by atoms with Gasteiger partial charge in [0.05, 0.1) is 12.2 Å². The summed E-state index contributed by atoms with van der Waals surface area (Å²) in [4.78, 5) is 36.6. The highest BCUT2D eigenvalue weighted by molar-refractivity contribution is 9.14. The summed E-state index contributed by atoms with van der Waals surface area (Å²) in [6, 6.07) is 6.07. The number of halogens is 2. The lowest BCUT2D eigenvalue weighted by atomic mass is 10.2. The number of hydrogen-bond acceptors (Lipinski definition) is 3. The Hall–Kier alpha value is -1.91. The lowest BCUT2D eigenvalue weighted by Crippen LogP contribution is -2.31. The van der Waals surface area contributed by atoms with E-state index in [4.69, 9.17) is 6.42 Å². The van der Waals surface area contributed by atoms with Gasteiger partial charge in [-0.25, -0.2) is 4.90 Å². The molecule has 0 bridgehead atoms.